The van der Waals surface area contributed by atoms with Crippen molar-refractivity contribution in [1.82, 2.24) is 9.80 Å². The third kappa shape index (κ3) is 4.88. The summed E-state index contributed by atoms with van der Waals surface area (Å²) >= 11 is 0. The molecule has 2 aliphatic rings. The van der Waals surface area contributed by atoms with Gasteiger partial charge in [0.1, 0.15) is 0 Å². The summed E-state index contributed by atoms with van der Waals surface area (Å²) in [5, 5.41) is 0. The largest absolute Gasteiger partial charge is 0.465 e. The Morgan fingerprint density at radius 3 is 2.81 bits per heavy atom. The molecular formula is C19H26N2O5. The molecule has 2 aliphatic heterocycles. The molecule has 0 unspecified atom stereocenters. The number of carbonyl (C=O) groups is 2. The number of carbonyl (C=O) groups excluding carboxylic acids is 2. The normalized spacial score (nSPS) is 17.0. The van der Waals surface area contributed by atoms with Gasteiger partial charge in [0, 0.05) is 32.6 Å². The van der Waals surface area contributed by atoms with Crippen molar-refractivity contribution in [3.63, 3.8) is 0 Å². The first kappa shape index (κ1) is 18.5. The molecule has 1 saturated heterocycles. The van der Waals surface area contributed by atoms with Crippen LogP contribution in [0.3, 0.4) is 0 Å². The second-order valence-electron chi connectivity index (χ2n) is 6.50. The van der Waals surface area contributed by atoms with Crippen molar-refractivity contribution in [2.45, 2.75) is 26.2 Å². The van der Waals surface area contributed by atoms with Crippen LogP contribution < -0.4 is 9.47 Å². The van der Waals surface area contributed by atoms with Gasteiger partial charge in [-0.1, -0.05) is 6.07 Å². The highest BCUT2D eigenvalue weighted by atomic mass is 16.7. The minimum absolute atomic E-state index is 0.153. The predicted octanol–water partition coefficient (Wildman–Crippen LogP) is 1.45. The molecule has 1 aromatic rings. The first-order valence-electron chi connectivity index (χ1n) is 9.20. The van der Waals surface area contributed by atoms with E-state index in [-0.39, 0.29) is 18.7 Å². The van der Waals surface area contributed by atoms with Gasteiger partial charge in [-0.25, -0.2) is 0 Å². The maximum Gasteiger partial charge on any atom is 0.320 e. The second-order valence-corrected chi connectivity index (χ2v) is 6.50. The molecule has 0 spiro atoms. The minimum Gasteiger partial charge on any atom is -0.465 e. The van der Waals surface area contributed by atoms with Gasteiger partial charge < -0.3 is 19.1 Å². The van der Waals surface area contributed by atoms with Gasteiger partial charge in [-0.3, -0.25) is 14.5 Å². The summed E-state index contributed by atoms with van der Waals surface area (Å²) < 4.78 is 15.7. The standard InChI is InChI=1S/C19H26N2O5/c1-2-24-19(23)13-20-8-3-9-21(11-10-20)18(22)7-5-15-4-6-16-17(12-15)26-14-25-16/h4,6,12H,2-3,5,7-11,13-14H2,1H3. The Balaban J connectivity index is 1.45. The van der Waals surface area contributed by atoms with Crippen molar-refractivity contribution in [2.24, 2.45) is 0 Å². The molecule has 2 heterocycles. The fourth-order valence-electron chi connectivity index (χ4n) is 3.27. The highest BCUT2D eigenvalue weighted by Crippen LogP contribution is 2.32. The number of hydrogen-bond acceptors (Lipinski definition) is 6. The lowest BCUT2D eigenvalue weighted by atomic mass is 10.1. The van der Waals surface area contributed by atoms with Crippen LogP contribution in [0.5, 0.6) is 11.5 Å². The molecule has 1 amide bonds. The average molecular weight is 362 g/mol. The lowest BCUT2D eigenvalue weighted by molar-refractivity contribution is -0.144. The van der Waals surface area contributed by atoms with Crippen molar-refractivity contribution in [3.05, 3.63) is 23.8 Å². The monoisotopic (exact) mass is 362 g/mol. The number of ether oxygens (including phenoxy) is 3. The number of esters is 1. The number of amides is 1. The van der Waals surface area contributed by atoms with Crippen LogP contribution >= 0.6 is 0 Å². The molecule has 0 bridgehead atoms. The summed E-state index contributed by atoms with van der Waals surface area (Å²) in [6, 6.07) is 5.81. The van der Waals surface area contributed by atoms with Crippen LogP contribution in [-0.2, 0) is 20.7 Å². The van der Waals surface area contributed by atoms with Crippen molar-refractivity contribution in [1.29, 1.82) is 0 Å². The zero-order valence-corrected chi connectivity index (χ0v) is 15.2. The summed E-state index contributed by atoms with van der Waals surface area (Å²) in [4.78, 5) is 28.1. The van der Waals surface area contributed by atoms with E-state index in [1.54, 1.807) is 6.92 Å². The molecule has 0 aromatic heterocycles. The van der Waals surface area contributed by atoms with Crippen molar-refractivity contribution >= 4 is 11.9 Å². The minimum atomic E-state index is -0.199. The first-order valence-corrected chi connectivity index (χ1v) is 9.20. The van der Waals surface area contributed by atoms with E-state index in [0.29, 0.717) is 39.1 Å². The lowest BCUT2D eigenvalue weighted by Crippen LogP contribution is -2.37. The lowest BCUT2D eigenvalue weighted by Gasteiger charge is -2.21. The highest BCUT2D eigenvalue weighted by molar-refractivity contribution is 5.76. The molecule has 0 atom stereocenters. The quantitative estimate of drug-likeness (QED) is 0.714. The summed E-state index contributed by atoms with van der Waals surface area (Å²) in [6.45, 7) is 5.66. The Morgan fingerprint density at radius 2 is 1.96 bits per heavy atom. The number of aryl methyl sites for hydroxylation is 1. The van der Waals surface area contributed by atoms with Crippen LogP contribution in [0.25, 0.3) is 0 Å². The Kier molecular flexibility index (Phi) is 6.33. The van der Waals surface area contributed by atoms with Crippen molar-refractivity contribution in [2.75, 3.05) is 46.1 Å². The Morgan fingerprint density at radius 1 is 1.12 bits per heavy atom. The van der Waals surface area contributed by atoms with Crippen molar-refractivity contribution in [3.8, 4) is 11.5 Å². The zero-order chi connectivity index (χ0) is 18.4. The number of nitrogens with zero attached hydrogens (tertiary/aromatic N) is 2. The van der Waals surface area contributed by atoms with E-state index >= 15 is 0 Å². The third-order valence-corrected chi connectivity index (χ3v) is 4.66. The molecule has 1 fully saturated rings. The van der Waals surface area contributed by atoms with E-state index < -0.39 is 0 Å². The fraction of sp³-hybridized carbons (Fsp3) is 0.579. The Hall–Kier alpha value is -2.28. The highest BCUT2D eigenvalue weighted by Gasteiger charge is 2.21. The van der Waals surface area contributed by atoms with Crippen LogP contribution in [0.15, 0.2) is 18.2 Å². The molecule has 0 saturated carbocycles. The second kappa shape index (κ2) is 8.89. The SMILES string of the molecule is CCOC(=O)CN1CCCN(C(=O)CCc2ccc3c(c2)OCO3)CC1. The molecule has 0 N–H and O–H groups in total. The van der Waals surface area contributed by atoms with E-state index in [1.807, 2.05) is 23.1 Å². The van der Waals surface area contributed by atoms with Crippen LogP contribution in [0.2, 0.25) is 0 Å². The van der Waals surface area contributed by atoms with Crippen LogP contribution in [0.4, 0.5) is 0 Å². The van der Waals surface area contributed by atoms with Gasteiger partial charge in [0.05, 0.1) is 13.2 Å². The molecule has 26 heavy (non-hydrogen) atoms. The van der Waals surface area contributed by atoms with E-state index in [1.165, 1.54) is 0 Å². The van der Waals surface area contributed by atoms with E-state index in [4.69, 9.17) is 14.2 Å². The van der Waals surface area contributed by atoms with Crippen LogP contribution in [-0.4, -0.2) is 67.8 Å². The molecule has 7 nitrogen and oxygen atoms in total. The van der Waals surface area contributed by atoms with Gasteiger partial charge >= 0.3 is 5.97 Å². The maximum atomic E-state index is 12.5. The average Bonchev–Trinajstić information content (AvgIpc) is 2.98. The molecule has 7 heteroatoms. The van der Waals surface area contributed by atoms with E-state index in [0.717, 1.165) is 36.6 Å². The summed E-state index contributed by atoms with van der Waals surface area (Å²) in [5.41, 5.74) is 1.07. The molecule has 1 aromatic carbocycles. The molecular weight excluding hydrogens is 336 g/mol. The number of benzene rings is 1. The summed E-state index contributed by atoms with van der Waals surface area (Å²) in [6.07, 6.45) is 2.02. The molecule has 0 aliphatic carbocycles. The molecule has 0 radical (unpaired) electrons. The molecule has 142 valence electrons. The Labute approximate surface area is 153 Å². The fourth-order valence-corrected chi connectivity index (χ4v) is 3.27. The van der Waals surface area contributed by atoms with Crippen LogP contribution in [0.1, 0.15) is 25.3 Å². The zero-order valence-electron chi connectivity index (χ0n) is 15.2. The van der Waals surface area contributed by atoms with Gasteiger partial charge in [0.15, 0.2) is 11.5 Å². The van der Waals surface area contributed by atoms with Crippen LogP contribution in [0, 0.1) is 0 Å². The van der Waals surface area contributed by atoms with Gasteiger partial charge in [0.25, 0.3) is 0 Å². The smallest absolute Gasteiger partial charge is 0.320 e. The van der Waals surface area contributed by atoms with Gasteiger partial charge in [0.2, 0.25) is 12.7 Å². The third-order valence-electron chi connectivity index (χ3n) is 4.66. The first-order chi connectivity index (χ1) is 12.7. The van der Waals surface area contributed by atoms with Gasteiger partial charge in [-0.05, 0) is 37.5 Å². The van der Waals surface area contributed by atoms with E-state index in [9.17, 15) is 9.59 Å². The predicted molar refractivity (Wildman–Crippen MR) is 95.2 cm³/mol. The summed E-state index contributed by atoms with van der Waals surface area (Å²) in [5.74, 6) is 1.46. The Bertz CT molecular complexity index is 649. The topological polar surface area (TPSA) is 68.3 Å². The number of fused-ring (bicyclic) bond motifs is 1. The number of hydrogen-bond donors (Lipinski definition) is 0. The summed E-state index contributed by atoms with van der Waals surface area (Å²) in [7, 11) is 0. The number of rotatable bonds is 6. The van der Waals surface area contributed by atoms with Crippen molar-refractivity contribution < 1.29 is 23.8 Å². The molecule has 3 rings (SSSR count). The van der Waals surface area contributed by atoms with Gasteiger partial charge in [-0.15, -0.1) is 0 Å². The van der Waals surface area contributed by atoms with E-state index in [2.05, 4.69) is 4.90 Å². The maximum absolute atomic E-state index is 12.5. The van der Waals surface area contributed by atoms with Gasteiger partial charge in [-0.2, -0.15) is 0 Å².